The molecule has 0 aromatic carbocycles. The lowest BCUT2D eigenvalue weighted by Gasteiger charge is -2.40. The van der Waals surface area contributed by atoms with Gasteiger partial charge >= 0.3 is 0 Å². The Bertz CT molecular complexity index is 687. The van der Waals surface area contributed by atoms with Gasteiger partial charge in [-0.25, -0.2) is 13.1 Å². The summed E-state index contributed by atoms with van der Waals surface area (Å²) in [6.07, 6.45) is 0.718. The van der Waals surface area contributed by atoms with Crippen molar-refractivity contribution in [1.82, 2.24) is 9.62 Å². The van der Waals surface area contributed by atoms with Crippen LogP contribution in [0, 0.1) is 17.3 Å². The Balaban J connectivity index is 2.44. The van der Waals surface area contributed by atoms with Crippen molar-refractivity contribution >= 4 is 15.9 Å². The fraction of sp³-hybridized carbons (Fsp3) is 0.842. The first-order valence-corrected chi connectivity index (χ1v) is 11.3. The molecule has 2 heterocycles. The van der Waals surface area contributed by atoms with Gasteiger partial charge in [0.1, 0.15) is 5.84 Å². The molecule has 0 aromatic rings. The molecule has 2 rings (SSSR count). The summed E-state index contributed by atoms with van der Waals surface area (Å²) in [4.78, 5) is 7.42. The maximum atomic E-state index is 12.2. The van der Waals surface area contributed by atoms with E-state index in [0.29, 0.717) is 18.4 Å². The highest BCUT2D eigenvalue weighted by atomic mass is 32.2. The maximum absolute atomic E-state index is 12.2. The van der Waals surface area contributed by atoms with Crippen LogP contribution in [0.5, 0.6) is 0 Å². The molecule has 6 nitrogen and oxygen atoms in total. The summed E-state index contributed by atoms with van der Waals surface area (Å²) in [5.41, 5.74) is 7.97. The van der Waals surface area contributed by atoms with Crippen LogP contribution >= 0.6 is 0 Å². The summed E-state index contributed by atoms with van der Waals surface area (Å²) in [6.45, 7) is 16.1. The molecule has 150 valence electrons. The number of hydrogen-bond acceptors (Lipinski definition) is 5. The molecular formula is C19H36N4O2S. The third-order valence-electron chi connectivity index (χ3n) is 4.99. The monoisotopic (exact) mass is 384 g/mol. The lowest BCUT2D eigenvalue weighted by atomic mass is 9.83. The lowest BCUT2D eigenvalue weighted by molar-refractivity contribution is 0.400. The van der Waals surface area contributed by atoms with E-state index < -0.39 is 10.0 Å². The molecule has 0 unspecified atom stereocenters. The molecule has 2 aliphatic rings. The van der Waals surface area contributed by atoms with Gasteiger partial charge in [-0.15, -0.1) is 0 Å². The van der Waals surface area contributed by atoms with Crippen molar-refractivity contribution in [3.05, 3.63) is 11.3 Å². The van der Waals surface area contributed by atoms with Gasteiger partial charge < -0.3 is 10.6 Å². The van der Waals surface area contributed by atoms with E-state index >= 15 is 0 Å². The van der Waals surface area contributed by atoms with Crippen molar-refractivity contribution < 1.29 is 8.42 Å². The minimum Gasteiger partial charge on any atom is -0.332 e. The summed E-state index contributed by atoms with van der Waals surface area (Å²) in [5, 5.41) is 0. The number of sulfonamides is 1. The van der Waals surface area contributed by atoms with Gasteiger partial charge in [0.2, 0.25) is 10.0 Å². The second-order valence-electron chi connectivity index (χ2n) is 9.19. The van der Waals surface area contributed by atoms with Crippen molar-refractivity contribution in [2.24, 2.45) is 28.0 Å². The molecule has 0 saturated carbocycles. The number of hydrogen-bond donors (Lipinski definition) is 2. The van der Waals surface area contributed by atoms with Gasteiger partial charge in [-0.3, -0.25) is 4.99 Å². The van der Waals surface area contributed by atoms with Gasteiger partial charge in [-0.05, 0) is 17.4 Å². The average Bonchev–Trinajstić information content (AvgIpc) is 2.85. The van der Waals surface area contributed by atoms with E-state index in [9.17, 15) is 8.42 Å². The van der Waals surface area contributed by atoms with E-state index in [0.717, 1.165) is 12.3 Å². The standard InChI is InChI=1S/C19H36N4O2S/c1-12(2)16-15-10-14(22-26(24,25)9-8-20)11-23(15)18(19(5,6)7)21-17(16)13(3)4/h12-14,17,22H,8-11,20H2,1-7H3/t14-,17-/m0/s1. The third-order valence-corrected chi connectivity index (χ3v) is 6.46. The quantitative estimate of drug-likeness (QED) is 0.736. The van der Waals surface area contributed by atoms with Crippen molar-refractivity contribution in [3.63, 3.8) is 0 Å². The average molecular weight is 385 g/mol. The van der Waals surface area contributed by atoms with Crippen molar-refractivity contribution in [1.29, 1.82) is 0 Å². The van der Waals surface area contributed by atoms with Gasteiger partial charge in [0.15, 0.2) is 0 Å². The zero-order valence-electron chi connectivity index (χ0n) is 17.3. The van der Waals surface area contributed by atoms with Crippen LogP contribution in [-0.2, 0) is 10.0 Å². The molecule has 0 amide bonds. The van der Waals surface area contributed by atoms with E-state index in [4.69, 9.17) is 10.7 Å². The Morgan fingerprint density at radius 3 is 2.35 bits per heavy atom. The Kier molecular flexibility index (Phi) is 6.25. The summed E-state index contributed by atoms with van der Waals surface area (Å²) in [7, 11) is -3.34. The second-order valence-corrected chi connectivity index (χ2v) is 11.1. The summed E-state index contributed by atoms with van der Waals surface area (Å²) in [6, 6.07) is 0.0311. The van der Waals surface area contributed by atoms with E-state index in [1.54, 1.807) is 0 Å². The first-order chi connectivity index (χ1) is 11.9. The highest BCUT2D eigenvalue weighted by Crippen LogP contribution is 2.40. The van der Waals surface area contributed by atoms with E-state index in [2.05, 4.69) is 58.1 Å². The van der Waals surface area contributed by atoms with Crippen LogP contribution in [0.3, 0.4) is 0 Å². The van der Waals surface area contributed by atoms with Crippen LogP contribution in [-0.4, -0.2) is 50.1 Å². The molecule has 2 aliphatic heterocycles. The van der Waals surface area contributed by atoms with Crippen LogP contribution in [0.15, 0.2) is 16.3 Å². The molecule has 2 atom stereocenters. The molecule has 0 aromatic heterocycles. The fourth-order valence-corrected chi connectivity index (χ4v) is 5.09. The first kappa shape index (κ1) is 21.4. The molecule has 0 bridgehead atoms. The predicted molar refractivity (Wildman–Crippen MR) is 108 cm³/mol. The molecule has 1 saturated heterocycles. The van der Waals surface area contributed by atoms with Gasteiger partial charge in [-0.1, -0.05) is 48.5 Å². The van der Waals surface area contributed by atoms with Gasteiger partial charge in [0.25, 0.3) is 0 Å². The molecule has 0 radical (unpaired) electrons. The normalized spacial score (nSPS) is 24.5. The highest BCUT2D eigenvalue weighted by molar-refractivity contribution is 7.89. The second kappa shape index (κ2) is 7.60. The molecule has 26 heavy (non-hydrogen) atoms. The highest BCUT2D eigenvalue weighted by Gasteiger charge is 2.42. The van der Waals surface area contributed by atoms with Crippen molar-refractivity contribution in [2.45, 2.75) is 67.0 Å². The summed E-state index contributed by atoms with van der Waals surface area (Å²) < 4.78 is 27.3. The third kappa shape index (κ3) is 4.49. The molecule has 0 aliphatic carbocycles. The van der Waals surface area contributed by atoms with Gasteiger partial charge in [-0.2, -0.15) is 0 Å². The lowest BCUT2D eigenvalue weighted by Crippen LogP contribution is -2.45. The Labute approximate surface area is 159 Å². The zero-order chi connectivity index (χ0) is 19.9. The topological polar surface area (TPSA) is 87.8 Å². The van der Waals surface area contributed by atoms with Crippen LogP contribution in [0.25, 0.3) is 0 Å². The van der Waals surface area contributed by atoms with Gasteiger partial charge in [0, 0.05) is 36.7 Å². The molecule has 3 N–H and O–H groups in total. The van der Waals surface area contributed by atoms with E-state index in [-0.39, 0.29) is 29.8 Å². The minimum atomic E-state index is -3.34. The van der Waals surface area contributed by atoms with Crippen LogP contribution in [0.2, 0.25) is 0 Å². The molecule has 1 fully saturated rings. The SMILES string of the molecule is CC(C)C1=C2C[C@H](NS(=O)(=O)CCN)CN2C(C(C)(C)C)=N[C@H]1C(C)C. The minimum absolute atomic E-state index is 0.0333. The molecular weight excluding hydrogens is 348 g/mol. The first-order valence-electron chi connectivity index (χ1n) is 9.66. The number of rotatable bonds is 6. The predicted octanol–water partition coefficient (Wildman–Crippen LogP) is 2.33. The molecule has 7 heteroatoms. The number of nitrogens with two attached hydrogens (primary N) is 1. The summed E-state index contributed by atoms with van der Waals surface area (Å²) in [5.74, 6) is 1.82. The maximum Gasteiger partial charge on any atom is 0.213 e. The zero-order valence-corrected chi connectivity index (χ0v) is 18.2. The van der Waals surface area contributed by atoms with Crippen molar-refractivity contribution in [2.75, 3.05) is 18.8 Å². The molecule has 0 spiro atoms. The van der Waals surface area contributed by atoms with E-state index in [1.807, 2.05) is 0 Å². The van der Waals surface area contributed by atoms with Gasteiger partial charge in [0.05, 0.1) is 11.8 Å². The number of fused-ring (bicyclic) bond motifs is 1. The smallest absolute Gasteiger partial charge is 0.213 e. The number of nitrogens with one attached hydrogen (secondary N) is 1. The number of nitrogens with zero attached hydrogens (tertiary/aromatic N) is 2. The number of amidine groups is 1. The largest absolute Gasteiger partial charge is 0.332 e. The Morgan fingerprint density at radius 2 is 1.88 bits per heavy atom. The number of aliphatic imine (C=N–C) groups is 1. The van der Waals surface area contributed by atoms with E-state index in [1.165, 1.54) is 11.3 Å². The Morgan fingerprint density at radius 1 is 1.27 bits per heavy atom. The van der Waals surface area contributed by atoms with Crippen molar-refractivity contribution in [3.8, 4) is 0 Å². The van der Waals surface area contributed by atoms with Crippen LogP contribution in [0.1, 0.15) is 54.9 Å². The van der Waals surface area contributed by atoms with Crippen LogP contribution in [0.4, 0.5) is 0 Å². The van der Waals surface area contributed by atoms with Crippen LogP contribution < -0.4 is 10.5 Å². The summed E-state index contributed by atoms with van der Waals surface area (Å²) >= 11 is 0. The fourth-order valence-electron chi connectivity index (χ4n) is 4.00. The Hall–Kier alpha value is -0.920.